The molecule has 0 N–H and O–H groups in total. The molecule has 0 aliphatic carbocycles. The van der Waals surface area contributed by atoms with Crippen molar-refractivity contribution in [1.82, 2.24) is 8.18 Å². The molecule has 0 fully saturated rings. The van der Waals surface area contributed by atoms with E-state index in [1.165, 1.54) is 53.4 Å². The van der Waals surface area contributed by atoms with Crippen molar-refractivity contribution in [3.63, 3.8) is 0 Å². The third-order valence-electron chi connectivity index (χ3n) is 7.56. The SMILES string of the molecule is CCCCCCCN(c1ccccc1)[n+]1pn(-c2ccccc2)p(-c2ccccc2)n(-c2ccccc2)p1-c1ccccc1. The lowest BCUT2D eigenvalue weighted by Gasteiger charge is -2.28. The van der Waals surface area contributed by atoms with Gasteiger partial charge in [0, 0.05) is 0 Å². The van der Waals surface area contributed by atoms with E-state index in [9.17, 15) is 0 Å². The first-order valence-corrected chi connectivity index (χ1v) is 18.9. The fraction of sp³-hybridized carbons (Fsp3) is 0.189. The maximum absolute atomic E-state index is 2.74. The quantitative estimate of drug-likeness (QED) is 0.123. The Bertz CT molecular complexity index is 1760. The Morgan fingerprint density at radius 1 is 0.568 bits per heavy atom. The first kappa shape index (κ1) is 30.2. The normalized spacial score (nSPS) is 11.9. The number of benzene rings is 5. The van der Waals surface area contributed by atoms with Crippen LogP contribution >= 0.6 is 24.2 Å². The summed E-state index contributed by atoms with van der Waals surface area (Å²) in [5.74, 6) is 0. The Labute approximate surface area is 265 Å². The largest absolute Gasteiger partial charge is 0.308 e. The van der Waals surface area contributed by atoms with Gasteiger partial charge in [0.1, 0.15) is 11.4 Å². The van der Waals surface area contributed by atoms with Crippen LogP contribution in [0.5, 0.6) is 0 Å². The fourth-order valence-electron chi connectivity index (χ4n) is 5.38. The highest BCUT2D eigenvalue weighted by atomic mass is 31.2. The van der Waals surface area contributed by atoms with Gasteiger partial charge in [-0.15, -0.1) is 0 Å². The number of hydrogen-bond donors (Lipinski definition) is 0. The molecule has 7 heteroatoms. The van der Waals surface area contributed by atoms with Crippen molar-refractivity contribution in [3.05, 3.63) is 152 Å². The molecule has 0 saturated carbocycles. The van der Waals surface area contributed by atoms with E-state index in [0.29, 0.717) is 0 Å². The molecule has 4 nitrogen and oxygen atoms in total. The van der Waals surface area contributed by atoms with Gasteiger partial charge in [0.05, 0.1) is 22.8 Å². The zero-order chi connectivity index (χ0) is 30.0. The smallest absolute Gasteiger partial charge is 0.227 e. The van der Waals surface area contributed by atoms with Crippen LogP contribution in [0.25, 0.3) is 22.0 Å². The van der Waals surface area contributed by atoms with E-state index >= 15 is 0 Å². The third kappa shape index (κ3) is 6.95. The van der Waals surface area contributed by atoms with E-state index in [2.05, 4.69) is 176 Å². The molecular weight excluding hydrogens is 593 g/mol. The van der Waals surface area contributed by atoms with Crippen molar-refractivity contribution >= 4 is 29.9 Å². The summed E-state index contributed by atoms with van der Waals surface area (Å²) in [4.78, 5) is 0. The van der Waals surface area contributed by atoms with Crippen molar-refractivity contribution in [3.8, 4) is 22.0 Å². The average Bonchev–Trinajstić information content (AvgIpc) is 3.11. The minimum atomic E-state index is -0.973. The molecule has 1 heterocycles. The van der Waals surface area contributed by atoms with E-state index < -0.39 is 15.7 Å². The number of unbranched alkanes of at least 4 members (excludes halogenated alkanes) is 4. The zero-order valence-corrected chi connectivity index (χ0v) is 28.0. The highest BCUT2D eigenvalue weighted by molar-refractivity contribution is 7.64. The van der Waals surface area contributed by atoms with Crippen LogP contribution in [0.1, 0.15) is 39.0 Å². The molecule has 5 aromatic carbocycles. The summed E-state index contributed by atoms with van der Waals surface area (Å²) in [6.45, 7) is 3.26. The van der Waals surface area contributed by atoms with Crippen LogP contribution in [0.4, 0.5) is 5.69 Å². The second-order valence-corrected chi connectivity index (χ2v) is 16.4. The predicted molar refractivity (Wildman–Crippen MR) is 191 cm³/mol. The Balaban J connectivity index is 1.71. The number of para-hydroxylation sites is 3. The van der Waals surface area contributed by atoms with Gasteiger partial charge >= 0.3 is 8.51 Å². The Hall–Kier alpha value is -3.80. The molecule has 0 amide bonds. The Kier molecular flexibility index (Phi) is 10.5. The van der Waals surface area contributed by atoms with Crippen LogP contribution in [-0.4, -0.2) is 14.7 Å². The van der Waals surface area contributed by atoms with Gasteiger partial charge < -0.3 is 0 Å². The van der Waals surface area contributed by atoms with Gasteiger partial charge in [-0.05, 0) is 67.1 Å². The van der Waals surface area contributed by atoms with E-state index in [1.807, 2.05) is 0 Å². The molecule has 2 unspecified atom stereocenters. The first-order chi connectivity index (χ1) is 21.8. The van der Waals surface area contributed by atoms with E-state index in [0.717, 1.165) is 21.5 Å². The number of rotatable bonds is 12. The van der Waals surface area contributed by atoms with Crippen molar-refractivity contribution in [2.24, 2.45) is 0 Å². The summed E-state index contributed by atoms with van der Waals surface area (Å²) in [5.41, 5.74) is 3.72. The average molecular weight is 634 g/mol. The lowest BCUT2D eigenvalue weighted by atomic mass is 10.1. The second kappa shape index (κ2) is 15.3. The molecule has 0 aliphatic rings. The van der Waals surface area contributed by atoms with Crippen molar-refractivity contribution < 1.29 is 4.20 Å². The van der Waals surface area contributed by atoms with E-state index in [1.54, 1.807) is 0 Å². The molecule has 1 aromatic heterocycles. The van der Waals surface area contributed by atoms with Crippen LogP contribution < -0.4 is 9.21 Å². The molecule has 44 heavy (non-hydrogen) atoms. The number of aromatic nitrogens is 3. The number of nitrogens with zero attached hydrogens (tertiary/aromatic N) is 4. The number of anilines is 1. The van der Waals surface area contributed by atoms with Gasteiger partial charge in [0.25, 0.3) is 0 Å². The fourth-order valence-corrected chi connectivity index (χ4v) is 14.0. The standard InChI is InChI=1S/C37H40N4P3/c1-2-3-4-5-21-32-38(33-22-11-6-12-23-33)41-42-39(34-24-13-7-14-25-34)43(36-28-17-9-18-29-36)40(35-26-15-8-16-27-35)44(41)37-30-19-10-20-31-37/h6-20,22-31H,2-5,21,32H2,1H3/q+1. The summed E-state index contributed by atoms with van der Waals surface area (Å²) in [6, 6.07) is 55.3. The second-order valence-electron chi connectivity index (χ2n) is 10.7. The summed E-state index contributed by atoms with van der Waals surface area (Å²) < 4.78 is 8.01. The predicted octanol–water partition coefficient (Wildman–Crippen LogP) is 11.5. The molecule has 0 spiro atoms. The number of hydrogen-bond acceptors (Lipinski definition) is 1. The molecule has 0 saturated heterocycles. The summed E-state index contributed by atoms with van der Waals surface area (Å²) in [6.07, 6.45) is 6.24. The van der Waals surface area contributed by atoms with Crippen LogP contribution in [0.2, 0.25) is 0 Å². The third-order valence-corrected chi connectivity index (χ3v) is 14.7. The molecule has 0 bridgehead atoms. The van der Waals surface area contributed by atoms with Crippen molar-refractivity contribution in [1.29, 1.82) is 0 Å². The maximum atomic E-state index is 2.74. The minimum Gasteiger partial charge on any atom is -0.227 e. The monoisotopic (exact) mass is 633 g/mol. The Morgan fingerprint density at radius 3 is 1.66 bits per heavy atom. The van der Waals surface area contributed by atoms with Gasteiger partial charge in [-0.1, -0.05) is 128 Å². The van der Waals surface area contributed by atoms with Gasteiger partial charge in [0.15, 0.2) is 0 Å². The minimum absolute atomic E-state index is 0.936. The van der Waals surface area contributed by atoms with Gasteiger partial charge in [-0.2, -0.15) is 8.18 Å². The van der Waals surface area contributed by atoms with Crippen LogP contribution in [0, 0.1) is 0 Å². The van der Waals surface area contributed by atoms with Gasteiger partial charge in [-0.3, -0.25) is 0 Å². The molecular formula is C37H40N4P3+. The van der Waals surface area contributed by atoms with Crippen LogP contribution in [0.15, 0.2) is 152 Å². The van der Waals surface area contributed by atoms with Gasteiger partial charge in [-0.25, -0.2) is 5.01 Å². The lowest BCUT2D eigenvalue weighted by molar-refractivity contribution is -0.547. The molecule has 0 aliphatic heterocycles. The highest BCUT2D eigenvalue weighted by Gasteiger charge is 2.30. The van der Waals surface area contributed by atoms with Crippen LogP contribution in [-0.2, 0) is 0 Å². The topological polar surface area (TPSA) is 17.0 Å². The maximum Gasteiger partial charge on any atom is 0.308 e. The zero-order valence-electron chi connectivity index (χ0n) is 25.3. The van der Waals surface area contributed by atoms with E-state index in [4.69, 9.17) is 0 Å². The first-order valence-electron chi connectivity index (χ1n) is 15.6. The van der Waals surface area contributed by atoms with E-state index in [-0.39, 0.29) is 0 Å². The highest BCUT2D eigenvalue weighted by Crippen LogP contribution is 2.52. The molecule has 6 aromatic rings. The summed E-state index contributed by atoms with van der Waals surface area (Å²) in [5, 5.41) is 5.27. The lowest BCUT2D eigenvalue weighted by Crippen LogP contribution is -2.52. The molecule has 6 rings (SSSR count). The summed E-state index contributed by atoms with van der Waals surface area (Å²) in [7, 11) is -0.759. The van der Waals surface area contributed by atoms with Crippen LogP contribution in [0.3, 0.4) is 0 Å². The summed E-state index contributed by atoms with van der Waals surface area (Å²) >= 11 is 0. The molecule has 2 atom stereocenters. The Morgan fingerprint density at radius 2 is 1.07 bits per heavy atom. The molecule has 222 valence electrons. The van der Waals surface area contributed by atoms with Crippen molar-refractivity contribution in [2.45, 2.75) is 39.0 Å². The van der Waals surface area contributed by atoms with Crippen molar-refractivity contribution in [2.75, 3.05) is 11.6 Å². The van der Waals surface area contributed by atoms with Gasteiger partial charge in [0.2, 0.25) is 15.7 Å². The molecule has 0 radical (unpaired) electrons.